The van der Waals surface area contributed by atoms with Crippen LogP contribution in [0.4, 0.5) is 4.79 Å². The van der Waals surface area contributed by atoms with E-state index in [0.29, 0.717) is 4.90 Å². The third kappa shape index (κ3) is 5.65. The Morgan fingerprint density at radius 1 is 1.08 bits per heavy atom. The maximum absolute atomic E-state index is 12.2. The SMILES string of the molecule is C[C@H](NC(=O)OCc1ccccc1)C(=O)Sc1ccccc1C(=O)O. The largest absolute Gasteiger partial charge is 0.478 e. The molecule has 0 aliphatic carbocycles. The number of rotatable bonds is 6. The van der Waals surface area contributed by atoms with E-state index in [-0.39, 0.29) is 17.3 Å². The van der Waals surface area contributed by atoms with Crippen molar-refractivity contribution in [2.24, 2.45) is 0 Å². The number of ether oxygens (including phenoxy) is 1. The molecule has 0 aliphatic heterocycles. The number of nitrogens with one attached hydrogen (secondary N) is 1. The highest BCUT2D eigenvalue weighted by Gasteiger charge is 2.20. The van der Waals surface area contributed by atoms with Gasteiger partial charge in [-0.05, 0) is 36.4 Å². The summed E-state index contributed by atoms with van der Waals surface area (Å²) >= 11 is 0.773. The van der Waals surface area contributed by atoms with Crippen molar-refractivity contribution in [3.8, 4) is 0 Å². The Morgan fingerprint density at radius 3 is 2.40 bits per heavy atom. The highest BCUT2D eigenvalue weighted by atomic mass is 32.2. The number of carboxylic acids is 1. The molecule has 2 N–H and O–H groups in total. The maximum Gasteiger partial charge on any atom is 0.408 e. The first-order valence-electron chi connectivity index (χ1n) is 7.48. The molecule has 0 unspecified atom stereocenters. The van der Waals surface area contributed by atoms with Gasteiger partial charge in [0.1, 0.15) is 6.61 Å². The Hall–Kier alpha value is -2.80. The lowest BCUT2D eigenvalue weighted by molar-refractivity contribution is -0.112. The van der Waals surface area contributed by atoms with Crippen LogP contribution in [0.3, 0.4) is 0 Å². The van der Waals surface area contributed by atoms with Gasteiger partial charge < -0.3 is 15.2 Å². The van der Waals surface area contributed by atoms with E-state index >= 15 is 0 Å². The van der Waals surface area contributed by atoms with Gasteiger partial charge in [-0.25, -0.2) is 9.59 Å². The Kier molecular flexibility index (Phi) is 6.59. The Morgan fingerprint density at radius 2 is 1.72 bits per heavy atom. The first-order chi connectivity index (χ1) is 12.0. The molecule has 0 radical (unpaired) electrons. The van der Waals surface area contributed by atoms with Crippen LogP contribution in [0.1, 0.15) is 22.8 Å². The zero-order chi connectivity index (χ0) is 18.2. The van der Waals surface area contributed by atoms with Crippen LogP contribution >= 0.6 is 11.8 Å². The zero-order valence-electron chi connectivity index (χ0n) is 13.5. The van der Waals surface area contributed by atoms with Gasteiger partial charge in [0.25, 0.3) is 0 Å². The molecule has 1 atom stereocenters. The molecular formula is C18H17NO5S. The molecule has 7 heteroatoms. The third-order valence-corrected chi connectivity index (χ3v) is 4.36. The molecule has 0 aliphatic rings. The molecule has 1 amide bonds. The molecule has 0 heterocycles. The van der Waals surface area contributed by atoms with E-state index in [1.807, 2.05) is 30.3 Å². The Balaban J connectivity index is 1.88. The van der Waals surface area contributed by atoms with E-state index in [4.69, 9.17) is 9.84 Å². The number of aromatic carboxylic acids is 1. The number of thioether (sulfide) groups is 1. The van der Waals surface area contributed by atoms with Crippen molar-refractivity contribution in [2.45, 2.75) is 24.5 Å². The van der Waals surface area contributed by atoms with Crippen LogP contribution in [0.5, 0.6) is 0 Å². The second-order valence-corrected chi connectivity index (χ2v) is 6.20. The van der Waals surface area contributed by atoms with Crippen molar-refractivity contribution < 1.29 is 24.2 Å². The Bertz CT molecular complexity index is 763. The number of hydrogen-bond donors (Lipinski definition) is 2. The lowest BCUT2D eigenvalue weighted by Gasteiger charge is -2.13. The number of benzene rings is 2. The molecular weight excluding hydrogens is 342 g/mol. The van der Waals surface area contributed by atoms with Crippen molar-refractivity contribution in [1.29, 1.82) is 0 Å². The molecule has 25 heavy (non-hydrogen) atoms. The minimum atomic E-state index is -1.11. The van der Waals surface area contributed by atoms with Crippen LogP contribution in [0.2, 0.25) is 0 Å². The summed E-state index contributed by atoms with van der Waals surface area (Å²) in [4.78, 5) is 35.4. The van der Waals surface area contributed by atoms with Crippen molar-refractivity contribution in [1.82, 2.24) is 5.32 Å². The summed E-state index contributed by atoms with van der Waals surface area (Å²) in [5.41, 5.74) is 0.876. The van der Waals surface area contributed by atoms with Gasteiger partial charge in [0, 0.05) is 4.90 Å². The molecule has 0 saturated carbocycles. The summed E-state index contributed by atoms with van der Waals surface area (Å²) in [7, 11) is 0. The predicted molar refractivity (Wildman–Crippen MR) is 93.5 cm³/mol. The van der Waals surface area contributed by atoms with Crippen molar-refractivity contribution in [3.05, 3.63) is 65.7 Å². The minimum absolute atomic E-state index is 0.0414. The van der Waals surface area contributed by atoms with Crippen LogP contribution in [0, 0.1) is 0 Å². The fraction of sp³-hybridized carbons (Fsp3) is 0.167. The van der Waals surface area contributed by atoms with Gasteiger partial charge in [0.2, 0.25) is 5.12 Å². The number of carboxylic acid groups (broad SMARTS) is 1. The minimum Gasteiger partial charge on any atom is -0.478 e. The zero-order valence-corrected chi connectivity index (χ0v) is 14.3. The van der Waals surface area contributed by atoms with Crippen LogP contribution in [-0.2, 0) is 16.1 Å². The second-order valence-electron chi connectivity index (χ2n) is 5.15. The van der Waals surface area contributed by atoms with Crippen molar-refractivity contribution >= 4 is 28.9 Å². The fourth-order valence-electron chi connectivity index (χ4n) is 1.93. The van der Waals surface area contributed by atoms with E-state index in [1.54, 1.807) is 18.2 Å². The lowest BCUT2D eigenvalue weighted by Crippen LogP contribution is -2.37. The first kappa shape index (κ1) is 18.5. The molecule has 130 valence electrons. The third-order valence-electron chi connectivity index (χ3n) is 3.23. The van der Waals surface area contributed by atoms with Gasteiger partial charge in [0.05, 0.1) is 11.6 Å². The fourth-order valence-corrected chi connectivity index (χ4v) is 2.79. The monoisotopic (exact) mass is 359 g/mol. The molecule has 0 fully saturated rings. The van der Waals surface area contributed by atoms with Gasteiger partial charge in [0.15, 0.2) is 0 Å². The highest BCUT2D eigenvalue weighted by Crippen LogP contribution is 2.24. The average molecular weight is 359 g/mol. The van der Waals surface area contributed by atoms with Crippen LogP contribution < -0.4 is 5.32 Å². The number of carbonyl (C=O) groups excluding carboxylic acids is 2. The van der Waals surface area contributed by atoms with Gasteiger partial charge in [-0.1, -0.05) is 42.5 Å². The molecule has 2 rings (SSSR count). The van der Waals surface area contributed by atoms with Gasteiger partial charge >= 0.3 is 12.1 Å². The smallest absolute Gasteiger partial charge is 0.408 e. The van der Waals surface area contributed by atoms with E-state index < -0.39 is 18.1 Å². The number of amides is 1. The summed E-state index contributed by atoms with van der Waals surface area (Å²) in [5.74, 6) is -1.11. The molecule has 6 nitrogen and oxygen atoms in total. The standard InChI is InChI=1S/C18H17NO5S/c1-12(19-18(23)24-11-13-7-3-2-4-8-13)17(22)25-15-10-6-5-9-14(15)16(20)21/h2-10,12H,11H2,1H3,(H,19,23)(H,20,21)/t12-/m0/s1. The second kappa shape index (κ2) is 8.89. The summed E-state index contributed by atoms with van der Waals surface area (Å²) in [6.07, 6.45) is -0.711. The molecule has 0 spiro atoms. The van der Waals surface area contributed by atoms with E-state index in [1.165, 1.54) is 13.0 Å². The molecule has 0 bridgehead atoms. The molecule has 0 saturated heterocycles. The molecule has 0 aromatic heterocycles. The van der Waals surface area contributed by atoms with Gasteiger partial charge in [-0.15, -0.1) is 0 Å². The summed E-state index contributed by atoms with van der Waals surface area (Å²) in [6.45, 7) is 1.62. The van der Waals surface area contributed by atoms with Gasteiger partial charge in [-0.3, -0.25) is 4.79 Å². The van der Waals surface area contributed by atoms with Crippen LogP contribution in [0.15, 0.2) is 59.5 Å². The summed E-state index contributed by atoms with van der Waals surface area (Å²) in [5, 5.41) is 11.2. The normalized spacial score (nSPS) is 11.4. The van der Waals surface area contributed by atoms with Crippen molar-refractivity contribution in [3.63, 3.8) is 0 Å². The quantitative estimate of drug-likeness (QED) is 0.769. The van der Waals surface area contributed by atoms with Gasteiger partial charge in [-0.2, -0.15) is 0 Å². The van der Waals surface area contributed by atoms with Crippen LogP contribution in [0.25, 0.3) is 0 Å². The molecule has 2 aromatic carbocycles. The molecule has 2 aromatic rings. The first-order valence-corrected chi connectivity index (χ1v) is 8.30. The van der Waals surface area contributed by atoms with Crippen molar-refractivity contribution in [2.75, 3.05) is 0 Å². The number of alkyl carbamates (subject to hydrolysis) is 1. The van der Waals surface area contributed by atoms with Crippen LogP contribution in [-0.4, -0.2) is 28.3 Å². The lowest BCUT2D eigenvalue weighted by atomic mass is 10.2. The average Bonchev–Trinajstić information content (AvgIpc) is 2.61. The number of hydrogen-bond acceptors (Lipinski definition) is 5. The summed E-state index contributed by atoms with van der Waals surface area (Å²) < 4.78 is 5.06. The Labute approximate surface area is 149 Å². The topological polar surface area (TPSA) is 92.7 Å². The summed E-state index contributed by atoms with van der Waals surface area (Å²) in [6, 6.07) is 14.5. The maximum atomic E-state index is 12.2. The number of carbonyl (C=O) groups is 3. The predicted octanol–water partition coefficient (Wildman–Crippen LogP) is 3.32. The van der Waals surface area contributed by atoms with E-state index in [2.05, 4.69) is 5.32 Å². The highest BCUT2D eigenvalue weighted by molar-refractivity contribution is 8.13. The van der Waals surface area contributed by atoms with E-state index in [9.17, 15) is 14.4 Å². The van der Waals surface area contributed by atoms with E-state index in [0.717, 1.165) is 17.3 Å².